The van der Waals surface area contributed by atoms with Crippen LogP contribution in [0.25, 0.3) is 0 Å². The Kier molecular flexibility index (Phi) is 3.87. The Morgan fingerprint density at radius 1 is 1.35 bits per heavy atom. The van der Waals surface area contributed by atoms with Gasteiger partial charge in [0.2, 0.25) is 0 Å². The van der Waals surface area contributed by atoms with Crippen LogP contribution in [0.5, 0.6) is 0 Å². The molecule has 1 aliphatic heterocycles. The molecular weight excluding hydrogens is 270 g/mol. The summed E-state index contributed by atoms with van der Waals surface area (Å²) in [6.07, 6.45) is 3.46. The topological polar surface area (TPSA) is 47.8 Å². The van der Waals surface area contributed by atoms with Crippen molar-refractivity contribution in [2.45, 2.75) is 43.4 Å². The van der Waals surface area contributed by atoms with Gasteiger partial charge in [0.1, 0.15) is 11.6 Å². The van der Waals surface area contributed by atoms with Crippen molar-refractivity contribution in [2.24, 2.45) is 0 Å². The van der Waals surface area contributed by atoms with Crippen LogP contribution < -0.4 is 0 Å². The van der Waals surface area contributed by atoms with Crippen LogP contribution in [-0.4, -0.2) is 20.5 Å². The largest absolute Gasteiger partial charge is 0.314 e. The number of thioether (sulfide) groups is 1. The number of aromatic nitrogens is 3. The van der Waals surface area contributed by atoms with E-state index in [0.29, 0.717) is 0 Å². The van der Waals surface area contributed by atoms with Gasteiger partial charge in [0.25, 0.3) is 0 Å². The van der Waals surface area contributed by atoms with Gasteiger partial charge in [0, 0.05) is 23.4 Å². The third kappa shape index (κ3) is 2.77. The Labute approximate surface area is 122 Å². The molecule has 0 unspecified atom stereocenters. The first-order chi connectivity index (χ1) is 9.74. The number of rotatable bonds is 4. The number of fused-ring (bicyclic) bond motifs is 1. The van der Waals surface area contributed by atoms with Gasteiger partial charge in [0.05, 0.1) is 5.75 Å². The molecule has 0 spiro atoms. The molecule has 0 N–H and O–H groups in total. The van der Waals surface area contributed by atoms with Gasteiger partial charge in [-0.1, -0.05) is 12.1 Å². The van der Waals surface area contributed by atoms with Crippen molar-refractivity contribution in [3.63, 3.8) is 0 Å². The molecule has 1 aliphatic rings. The average molecular weight is 287 g/mol. The maximum atomic E-state index is 11.4. The van der Waals surface area contributed by atoms with Crippen LogP contribution in [0.4, 0.5) is 0 Å². The zero-order valence-corrected chi connectivity index (χ0v) is 12.3. The SMILES string of the molecule is CC(=O)c1cccc(SCc2nnc3n2CCCC3)c1. The molecule has 1 aromatic carbocycles. The molecule has 0 saturated heterocycles. The number of benzene rings is 1. The van der Waals surface area contributed by atoms with Gasteiger partial charge >= 0.3 is 0 Å². The van der Waals surface area contributed by atoms with Gasteiger partial charge in [-0.3, -0.25) is 4.79 Å². The molecule has 4 nitrogen and oxygen atoms in total. The van der Waals surface area contributed by atoms with Gasteiger partial charge in [-0.25, -0.2) is 0 Å². The normalized spacial score (nSPS) is 14.1. The number of Topliss-reactive ketones (excluding diaryl/α,β-unsaturated/α-hetero) is 1. The number of carbonyl (C=O) groups is 1. The number of hydrogen-bond donors (Lipinski definition) is 0. The second-order valence-corrected chi connectivity index (χ2v) is 6.06. The van der Waals surface area contributed by atoms with E-state index in [4.69, 9.17) is 0 Å². The van der Waals surface area contributed by atoms with Crippen molar-refractivity contribution < 1.29 is 4.79 Å². The predicted octanol–water partition coefficient (Wildman–Crippen LogP) is 3.11. The summed E-state index contributed by atoms with van der Waals surface area (Å²) >= 11 is 1.71. The lowest BCUT2D eigenvalue weighted by atomic mass is 10.2. The number of ketones is 1. The van der Waals surface area contributed by atoms with E-state index in [1.807, 2.05) is 24.3 Å². The van der Waals surface area contributed by atoms with Gasteiger partial charge in [-0.2, -0.15) is 0 Å². The van der Waals surface area contributed by atoms with Crippen LogP contribution in [0.2, 0.25) is 0 Å². The smallest absolute Gasteiger partial charge is 0.159 e. The van der Waals surface area contributed by atoms with E-state index < -0.39 is 0 Å². The number of hydrogen-bond acceptors (Lipinski definition) is 4. The molecule has 1 aromatic heterocycles. The Morgan fingerprint density at radius 3 is 3.10 bits per heavy atom. The van der Waals surface area contributed by atoms with Crippen LogP contribution in [0.15, 0.2) is 29.2 Å². The standard InChI is InChI=1S/C15H17N3OS/c1-11(19)12-5-4-6-13(9-12)20-10-15-17-16-14-7-2-3-8-18(14)15/h4-6,9H,2-3,7-8,10H2,1H3. The molecule has 0 atom stereocenters. The number of aryl methyl sites for hydroxylation is 1. The van der Waals surface area contributed by atoms with Crippen molar-refractivity contribution in [2.75, 3.05) is 0 Å². The highest BCUT2D eigenvalue weighted by Gasteiger charge is 2.15. The molecule has 0 saturated carbocycles. The van der Waals surface area contributed by atoms with E-state index in [1.165, 1.54) is 12.8 Å². The maximum absolute atomic E-state index is 11.4. The van der Waals surface area contributed by atoms with Gasteiger partial charge in [0.15, 0.2) is 5.78 Å². The summed E-state index contributed by atoms with van der Waals surface area (Å²) in [7, 11) is 0. The molecule has 20 heavy (non-hydrogen) atoms. The highest BCUT2D eigenvalue weighted by Crippen LogP contribution is 2.24. The molecule has 5 heteroatoms. The molecule has 2 heterocycles. The maximum Gasteiger partial charge on any atom is 0.159 e. The van der Waals surface area contributed by atoms with Crippen LogP contribution in [-0.2, 0) is 18.7 Å². The second-order valence-electron chi connectivity index (χ2n) is 5.01. The van der Waals surface area contributed by atoms with Gasteiger partial charge in [-0.05, 0) is 31.9 Å². The summed E-state index contributed by atoms with van der Waals surface area (Å²) in [5.74, 6) is 3.06. The van der Waals surface area contributed by atoms with Crippen molar-refractivity contribution in [3.05, 3.63) is 41.5 Å². The fraction of sp³-hybridized carbons (Fsp3) is 0.400. The number of nitrogens with zero attached hydrogens (tertiary/aromatic N) is 3. The summed E-state index contributed by atoms with van der Waals surface area (Å²) in [6.45, 7) is 2.63. The minimum Gasteiger partial charge on any atom is -0.314 e. The first-order valence-electron chi connectivity index (χ1n) is 6.89. The highest BCUT2D eigenvalue weighted by molar-refractivity contribution is 7.98. The molecule has 0 amide bonds. The van der Waals surface area contributed by atoms with E-state index in [-0.39, 0.29) is 5.78 Å². The van der Waals surface area contributed by atoms with Crippen molar-refractivity contribution >= 4 is 17.5 Å². The zero-order valence-electron chi connectivity index (χ0n) is 11.5. The van der Waals surface area contributed by atoms with Crippen molar-refractivity contribution in [3.8, 4) is 0 Å². The monoisotopic (exact) mass is 287 g/mol. The lowest BCUT2D eigenvalue weighted by Crippen LogP contribution is -2.12. The predicted molar refractivity (Wildman–Crippen MR) is 79.0 cm³/mol. The molecule has 0 fully saturated rings. The summed E-state index contributed by atoms with van der Waals surface area (Å²) in [5, 5.41) is 8.56. The second kappa shape index (κ2) is 5.79. The van der Waals surface area contributed by atoms with Crippen LogP contribution in [0.3, 0.4) is 0 Å². The molecule has 3 rings (SSSR count). The third-order valence-electron chi connectivity index (χ3n) is 3.54. The van der Waals surface area contributed by atoms with Crippen molar-refractivity contribution in [1.82, 2.24) is 14.8 Å². The Morgan fingerprint density at radius 2 is 2.25 bits per heavy atom. The molecule has 0 bridgehead atoms. The van der Waals surface area contributed by atoms with Gasteiger partial charge < -0.3 is 4.57 Å². The molecule has 104 valence electrons. The van der Waals surface area contributed by atoms with E-state index in [0.717, 1.165) is 40.8 Å². The molecule has 0 radical (unpaired) electrons. The summed E-state index contributed by atoms with van der Waals surface area (Å²) in [5.41, 5.74) is 0.762. The Bertz CT molecular complexity index is 636. The van der Waals surface area contributed by atoms with E-state index in [1.54, 1.807) is 18.7 Å². The summed E-state index contributed by atoms with van der Waals surface area (Å²) in [6, 6.07) is 7.76. The molecular formula is C15H17N3OS. The lowest BCUT2D eigenvalue weighted by Gasteiger charge is -2.14. The van der Waals surface area contributed by atoms with Crippen LogP contribution in [0, 0.1) is 0 Å². The van der Waals surface area contributed by atoms with Gasteiger partial charge in [-0.15, -0.1) is 22.0 Å². The van der Waals surface area contributed by atoms with E-state index >= 15 is 0 Å². The quantitative estimate of drug-likeness (QED) is 0.640. The molecule has 2 aromatic rings. The Balaban J connectivity index is 1.72. The van der Waals surface area contributed by atoms with Crippen LogP contribution in [0.1, 0.15) is 41.8 Å². The average Bonchev–Trinajstić information content (AvgIpc) is 2.89. The fourth-order valence-electron chi connectivity index (χ4n) is 2.43. The summed E-state index contributed by atoms with van der Waals surface area (Å²) < 4.78 is 2.24. The fourth-order valence-corrected chi connectivity index (χ4v) is 3.32. The highest BCUT2D eigenvalue weighted by atomic mass is 32.2. The Hall–Kier alpha value is -1.62. The minimum absolute atomic E-state index is 0.104. The summed E-state index contributed by atoms with van der Waals surface area (Å²) in [4.78, 5) is 12.5. The van der Waals surface area contributed by atoms with Crippen LogP contribution >= 0.6 is 11.8 Å². The lowest BCUT2D eigenvalue weighted by molar-refractivity contribution is 0.101. The van der Waals surface area contributed by atoms with Crippen molar-refractivity contribution in [1.29, 1.82) is 0 Å². The first kappa shape index (κ1) is 13.4. The third-order valence-corrected chi connectivity index (χ3v) is 4.53. The first-order valence-corrected chi connectivity index (χ1v) is 7.87. The zero-order chi connectivity index (χ0) is 13.9. The van der Waals surface area contributed by atoms with E-state index in [9.17, 15) is 4.79 Å². The number of carbonyl (C=O) groups excluding carboxylic acids is 1. The minimum atomic E-state index is 0.104. The van der Waals surface area contributed by atoms with E-state index in [2.05, 4.69) is 14.8 Å². The molecule has 0 aliphatic carbocycles.